The predicted molar refractivity (Wildman–Crippen MR) is 92.0 cm³/mol. The molecule has 1 amide bonds. The van der Waals surface area contributed by atoms with Crippen LogP contribution in [-0.2, 0) is 17.8 Å². The summed E-state index contributed by atoms with van der Waals surface area (Å²) < 4.78 is 39.7. The van der Waals surface area contributed by atoms with Crippen LogP contribution in [0.4, 0.5) is 13.6 Å². The summed E-state index contributed by atoms with van der Waals surface area (Å²) in [6.45, 7) is 5.36. The molecule has 0 fully saturated rings. The van der Waals surface area contributed by atoms with Gasteiger partial charge < -0.3 is 14.8 Å². The quantitative estimate of drug-likeness (QED) is 0.864. The summed E-state index contributed by atoms with van der Waals surface area (Å²) in [5.74, 6) is -2.13. The molecule has 1 N–H and O–H groups in total. The number of aromatic nitrogens is 2. The van der Waals surface area contributed by atoms with Crippen LogP contribution in [0.15, 0.2) is 18.5 Å². The minimum atomic E-state index is -0.871. The molecule has 0 unspecified atom stereocenters. The molecule has 7 nitrogen and oxygen atoms in total. The van der Waals surface area contributed by atoms with Gasteiger partial charge in [0.1, 0.15) is 23.1 Å². The van der Waals surface area contributed by atoms with E-state index in [9.17, 15) is 13.6 Å². The molecular formula is C18H20F2N4O3. The minimum Gasteiger partial charge on any atom is -0.492 e. The summed E-state index contributed by atoms with van der Waals surface area (Å²) in [4.78, 5) is 11.7. The third-order valence-electron chi connectivity index (χ3n) is 3.42. The van der Waals surface area contributed by atoms with Gasteiger partial charge >= 0.3 is 6.09 Å². The molecule has 2 aromatic rings. The number of rotatable bonds is 5. The van der Waals surface area contributed by atoms with E-state index >= 15 is 0 Å². The average molecular weight is 378 g/mol. The molecule has 0 spiro atoms. The number of hydrogen-bond donors (Lipinski definition) is 1. The van der Waals surface area contributed by atoms with Gasteiger partial charge in [-0.05, 0) is 26.8 Å². The normalized spacial score (nSPS) is 11.0. The van der Waals surface area contributed by atoms with E-state index in [-0.39, 0.29) is 18.7 Å². The molecule has 1 aromatic carbocycles. The number of hydrogen-bond acceptors (Lipinski definition) is 5. The van der Waals surface area contributed by atoms with Gasteiger partial charge in [-0.1, -0.05) is 0 Å². The third kappa shape index (κ3) is 5.17. The number of nitriles is 1. The van der Waals surface area contributed by atoms with Gasteiger partial charge in [-0.3, -0.25) is 4.68 Å². The summed E-state index contributed by atoms with van der Waals surface area (Å²) in [5, 5.41) is 15.6. The molecule has 0 atom stereocenters. The molecular weight excluding hydrogens is 358 g/mol. The molecule has 0 aliphatic carbocycles. The van der Waals surface area contributed by atoms with Crippen molar-refractivity contribution < 1.29 is 23.0 Å². The second-order valence-corrected chi connectivity index (χ2v) is 6.75. The van der Waals surface area contributed by atoms with Crippen molar-refractivity contribution in [1.29, 1.82) is 5.26 Å². The maximum absolute atomic E-state index is 14.4. The second-order valence-electron chi connectivity index (χ2n) is 6.75. The van der Waals surface area contributed by atoms with Crippen molar-refractivity contribution in [3.8, 4) is 11.8 Å². The maximum Gasteiger partial charge on any atom is 0.407 e. The van der Waals surface area contributed by atoms with Crippen LogP contribution in [0, 0.1) is 23.0 Å². The summed E-state index contributed by atoms with van der Waals surface area (Å²) in [6, 6.07) is 2.52. The third-order valence-corrected chi connectivity index (χ3v) is 3.42. The van der Waals surface area contributed by atoms with E-state index in [0.717, 1.165) is 13.2 Å². The lowest BCUT2D eigenvalue weighted by molar-refractivity contribution is 0.0523. The highest BCUT2D eigenvalue weighted by atomic mass is 19.1. The van der Waals surface area contributed by atoms with Crippen molar-refractivity contribution in [1.82, 2.24) is 15.1 Å². The van der Waals surface area contributed by atoms with Gasteiger partial charge in [0, 0.05) is 23.9 Å². The van der Waals surface area contributed by atoms with Gasteiger partial charge in [-0.25, -0.2) is 13.6 Å². The Bertz CT molecular complexity index is 882. The lowest BCUT2D eigenvalue weighted by Crippen LogP contribution is -2.32. The molecule has 0 radical (unpaired) electrons. The number of alkyl carbamates (subject to hydrolysis) is 1. The number of halogens is 2. The Morgan fingerprint density at radius 3 is 2.70 bits per heavy atom. The van der Waals surface area contributed by atoms with E-state index in [1.54, 1.807) is 33.0 Å². The maximum atomic E-state index is 14.4. The molecule has 0 aliphatic heterocycles. The zero-order chi connectivity index (χ0) is 20.2. The van der Waals surface area contributed by atoms with Crippen molar-refractivity contribution in [2.24, 2.45) is 0 Å². The van der Waals surface area contributed by atoms with Crippen LogP contribution in [0.2, 0.25) is 0 Å². The van der Waals surface area contributed by atoms with Crippen molar-refractivity contribution >= 4 is 6.09 Å². The Morgan fingerprint density at radius 1 is 1.41 bits per heavy atom. The Morgan fingerprint density at radius 2 is 2.11 bits per heavy atom. The van der Waals surface area contributed by atoms with Gasteiger partial charge in [-0.2, -0.15) is 10.4 Å². The lowest BCUT2D eigenvalue weighted by Gasteiger charge is -2.19. The standard InChI is InChI=1S/C18H20F2N4O3/c1-18(2,3)27-17(25)22-7-11-8-23-24(9-11)10-12-5-14(19)13(6-21)16(26-4)15(12)20/h5,8-9H,7,10H2,1-4H3,(H,22,25). The topological polar surface area (TPSA) is 89.2 Å². The summed E-state index contributed by atoms with van der Waals surface area (Å²) in [7, 11) is 1.16. The van der Waals surface area contributed by atoms with E-state index in [2.05, 4.69) is 10.4 Å². The minimum absolute atomic E-state index is 0.0156. The van der Waals surface area contributed by atoms with Crippen LogP contribution < -0.4 is 10.1 Å². The van der Waals surface area contributed by atoms with Crippen LogP contribution in [0.5, 0.6) is 5.75 Å². The lowest BCUT2D eigenvalue weighted by atomic mass is 10.1. The van der Waals surface area contributed by atoms with Gasteiger partial charge in [0.2, 0.25) is 0 Å². The molecule has 1 heterocycles. The number of nitrogens with one attached hydrogen (secondary N) is 1. The summed E-state index contributed by atoms with van der Waals surface area (Å²) >= 11 is 0. The van der Waals surface area contributed by atoms with Crippen molar-refractivity contribution in [3.63, 3.8) is 0 Å². The van der Waals surface area contributed by atoms with E-state index in [1.165, 1.54) is 10.9 Å². The first kappa shape index (κ1) is 20.2. The van der Waals surface area contributed by atoms with E-state index in [0.29, 0.717) is 5.56 Å². The SMILES string of the molecule is COc1c(F)c(Cn2cc(CNC(=O)OC(C)(C)C)cn2)cc(F)c1C#N. The number of amides is 1. The number of carbonyl (C=O) groups excluding carboxylic acids is 1. The largest absolute Gasteiger partial charge is 0.492 e. The molecule has 1 aromatic heterocycles. The Hall–Kier alpha value is -3.15. The van der Waals surface area contributed by atoms with Crippen LogP contribution >= 0.6 is 0 Å². The number of methoxy groups -OCH3 is 1. The molecule has 27 heavy (non-hydrogen) atoms. The number of ether oxygens (including phenoxy) is 2. The monoisotopic (exact) mass is 378 g/mol. The first-order valence-corrected chi connectivity index (χ1v) is 8.07. The molecule has 0 aliphatic rings. The van der Waals surface area contributed by atoms with Crippen molar-refractivity contribution in [3.05, 3.63) is 46.8 Å². The van der Waals surface area contributed by atoms with Gasteiger partial charge in [0.25, 0.3) is 0 Å². The van der Waals surface area contributed by atoms with E-state index < -0.39 is 34.6 Å². The van der Waals surface area contributed by atoms with Crippen molar-refractivity contribution in [2.75, 3.05) is 7.11 Å². The fraction of sp³-hybridized carbons (Fsp3) is 0.389. The van der Waals surface area contributed by atoms with Crippen LogP contribution in [0.3, 0.4) is 0 Å². The molecule has 2 rings (SSSR count). The zero-order valence-electron chi connectivity index (χ0n) is 15.5. The fourth-order valence-corrected chi connectivity index (χ4v) is 2.31. The first-order valence-electron chi connectivity index (χ1n) is 8.07. The average Bonchev–Trinajstić information content (AvgIpc) is 3.01. The molecule has 0 bridgehead atoms. The van der Waals surface area contributed by atoms with Crippen LogP contribution in [-0.4, -0.2) is 28.6 Å². The van der Waals surface area contributed by atoms with Crippen LogP contribution in [0.25, 0.3) is 0 Å². The molecule has 0 saturated carbocycles. The first-order chi connectivity index (χ1) is 12.6. The van der Waals surface area contributed by atoms with E-state index in [1.807, 2.05) is 0 Å². The zero-order valence-corrected chi connectivity index (χ0v) is 15.5. The van der Waals surface area contributed by atoms with Gasteiger partial charge in [0.15, 0.2) is 11.6 Å². The number of carbonyl (C=O) groups is 1. The predicted octanol–water partition coefficient (Wildman–Crippen LogP) is 3.11. The Kier molecular flexibility index (Phi) is 6.00. The molecule has 0 saturated heterocycles. The molecule has 144 valence electrons. The van der Waals surface area contributed by atoms with Crippen molar-refractivity contribution in [2.45, 2.75) is 39.5 Å². The highest BCUT2D eigenvalue weighted by Gasteiger charge is 2.20. The number of benzene rings is 1. The smallest absolute Gasteiger partial charge is 0.407 e. The highest BCUT2D eigenvalue weighted by molar-refractivity contribution is 5.67. The van der Waals surface area contributed by atoms with Gasteiger partial charge in [-0.15, -0.1) is 0 Å². The van der Waals surface area contributed by atoms with Crippen LogP contribution in [0.1, 0.15) is 37.5 Å². The highest BCUT2D eigenvalue weighted by Crippen LogP contribution is 2.28. The van der Waals surface area contributed by atoms with E-state index in [4.69, 9.17) is 14.7 Å². The van der Waals surface area contributed by atoms with Gasteiger partial charge in [0.05, 0.1) is 19.9 Å². The second kappa shape index (κ2) is 8.03. The fourth-order valence-electron chi connectivity index (χ4n) is 2.31. The molecule has 9 heteroatoms. The summed E-state index contributed by atoms with van der Waals surface area (Å²) in [5.41, 5.74) is -0.452. The summed E-state index contributed by atoms with van der Waals surface area (Å²) in [6.07, 6.45) is 2.51. The Balaban J connectivity index is 2.09. The Labute approximate surface area is 155 Å². The number of nitrogens with zero attached hydrogens (tertiary/aromatic N) is 3.